The summed E-state index contributed by atoms with van der Waals surface area (Å²) in [7, 11) is 0. The van der Waals surface area contributed by atoms with Gasteiger partial charge >= 0.3 is 5.97 Å². The van der Waals surface area contributed by atoms with Gasteiger partial charge in [0.25, 0.3) is 0 Å². The quantitative estimate of drug-likeness (QED) is 0.153. The van der Waals surface area contributed by atoms with Gasteiger partial charge in [0.05, 0.1) is 12.7 Å². The molecule has 0 aromatic rings. The molecule has 0 saturated carbocycles. The van der Waals surface area contributed by atoms with Crippen LogP contribution in [0.25, 0.3) is 0 Å². The minimum Gasteiger partial charge on any atom is -0.458 e. The summed E-state index contributed by atoms with van der Waals surface area (Å²) in [6.45, 7) is 7.20. The third-order valence-corrected chi connectivity index (χ3v) is 3.92. The van der Waals surface area contributed by atoms with Crippen molar-refractivity contribution in [2.24, 2.45) is 33.5 Å². The molecule has 0 aliphatic carbocycles. The predicted octanol–water partition coefficient (Wildman–Crippen LogP) is -0.685. The molecule has 0 fully saturated rings. The number of guanidine groups is 1. The van der Waals surface area contributed by atoms with E-state index in [1.54, 1.807) is 13.8 Å². The lowest BCUT2D eigenvalue weighted by Crippen LogP contribution is -2.49. The van der Waals surface area contributed by atoms with E-state index in [2.05, 4.69) is 4.99 Å². The standard InChI is InChI=1S/C15H32N4O4/c1-9(2)12(21)15(3,4)11(8-20)23-13(22)10(16)6-5-7-19-14(17)18/h9-12,20-21H,5-8,16H2,1-4H3,(H4,17,18,19). The highest BCUT2D eigenvalue weighted by molar-refractivity contribution is 5.76. The molecular weight excluding hydrogens is 300 g/mol. The van der Waals surface area contributed by atoms with E-state index in [4.69, 9.17) is 21.9 Å². The first-order valence-electron chi connectivity index (χ1n) is 7.84. The molecule has 3 unspecified atom stereocenters. The molecule has 0 saturated heterocycles. The average molecular weight is 332 g/mol. The van der Waals surface area contributed by atoms with Gasteiger partial charge in [-0.15, -0.1) is 0 Å². The zero-order valence-electron chi connectivity index (χ0n) is 14.5. The van der Waals surface area contributed by atoms with Crippen molar-refractivity contribution in [2.45, 2.75) is 58.8 Å². The van der Waals surface area contributed by atoms with E-state index in [9.17, 15) is 15.0 Å². The van der Waals surface area contributed by atoms with Crippen LogP contribution in [0.1, 0.15) is 40.5 Å². The first-order valence-corrected chi connectivity index (χ1v) is 7.84. The van der Waals surface area contributed by atoms with Gasteiger partial charge in [-0.3, -0.25) is 9.79 Å². The molecule has 0 aromatic heterocycles. The summed E-state index contributed by atoms with van der Waals surface area (Å²) in [6, 6.07) is -0.828. The van der Waals surface area contributed by atoms with E-state index >= 15 is 0 Å². The number of aliphatic hydroxyl groups is 2. The highest BCUT2D eigenvalue weighted by atomic mass is 16.6. The number of hydrogen-bond acceptors (Lipinski definition) is 6. The van der Waals surface area contributed by atoms with Crippen LogP contribution in [0.2, 0.25) is 0 Å². The van der Waals surface area contributed by atoms with Crippen LogP contribution in [0.3, 0.4) is 0 Å². The summed E-state index contributed by atoms with van der Waals surface area (Å²) in [6.07, 6.45) is -0.668. The van der Waals surface area contributed by atoms with Crippen LogP contribution in [0, 0.1) is 11.3 Å². The lowest BCUT2D eigenvalue weighted by Gasteiger charge is -2.38. The number of ether oxygens (including phenoxy) is 1. The number of carbonyl (C=O) groups excluding carboxylic acids is 1. The normalized spacial score (nSPS) is 15.8. The smallest absolute Gasteiger partial charge is 0.323 e. The summed E-state index contributed by atoms with van der Waals surface area (Å²) in [4.78, 5) is 15.9. The maximum Gasteiger partial charge on any atom is 0.323 e. The minimum absolute atomic E-state index is 0.00841. The lowest BCUT2D eigenvalue weighted by molar-refractivity contribution is -0.168. The fourth-order valence-electron chi connectivity index (χ4n) is 2.34. The SMILES string of the molecule is CC(C)C(O)C(C)(C)C(CO)OC(=O)C(N)CCCN=C(N)N. The van der Waals surface area contributed by atoms with Gasteiger partial charge in [0.1, 0.15) is 12.1 Å². The first-order chi connectivity index (χ1) is 10.5. The van der Waals surface area contributed by atoms with Crippen LogP contribution in [0.5, 0.6) is 0 Å². The molecular formula is C15H32N4O4. The van der Waals surface area contributed by atoms with Gasteiger partial charge in [-0.1, -0.05) is 27.7 Å². The van der Waals surface area contributed by atoms with Crippen LogP contribution in [0.4, 0.5) is 0 Å². The van der Waals surface area contributed by atoms with Crippen LogP contribution in [0.15, 0.2) is 4.99 Å². The van der Waals surface area contributed by atoms with Gasteiger partial charge < -0.3 is 32.2 Å². The summed E-state index contributed by atoms with van der Waals surface area (Å²) < 4.78 is 5.32. The van der Waals surface area contributed by atoms with Gasteiger partial charge in [0.15, 0.2) is 5.96 Å². The largest absolute Gasteiger partial charge is 0.458 e. The zero-order valence-corrected chi connectivity index (χ0v) is 14.5. The Kier molecular flexibility index (Phi) is 9.11. The molecule has 0 spiro atoms. The van der Waals surface area contributed by atoms with Crippen molar-refractivity contribution in [3.8, 4) is 0 Å². The molecule has 3 atom stereocenters. The van der Waals surface area contributed by atoms with Crippen molar-refractivity contribution < 1.29 is 19.7 Å². The molecule has 0 aliphatic rings. The Balaban J connectivity index is 4.61. The number of aliphatic hydroxyl groups excluding tert-OH is 2. The average Bonchev–Trinajstić information content (AvgIpc) is 2.46. The fourth-order valence-corrected chi connectivity index (χ4v) is 2.34. The Morgan fingerprint density at radius 3 is 2.30 bits per heavy atom. The number of aliphatic imine (C=N–C) groups is 1. The minimum atomic E-state index is -0.837. The molecule has 0 aromatic carbocycles. The second-order valence-electron chi connectivity index (χ2n) is 6.67. The zero-order chi connectivity index (χ0) is 18.2. The van der Waals surface area contributed by atoms with Crippen molar-refractivity contribution in [3.63, 3.8) is 0 Å². The van der Waals surface area contributed by atoms with Crippen molar-refractivity contribution in [3.05, 3.63) is 0 Å². The molecule has 0 heterocycles. The number of esters is 1. The molecule has 0 aliphatic heterocycles. The second kappa shape index (κ2) is 9.69. The summed E-state index contributed by atoms with van der Waals surface area (Å²) in [5, 5.41) is 19.8. The van der Waals surface area contributed by atoms with Crippen LogP contribution >= 0.6 is 0 Å². The van der Waals surface area contributed by atoms with Gasteiger partial charge in [0, 0.05) is 12.0 Å². The van der Waals surface area contributed by atoms with Gasteiger partial charge in [-0.25, -0.2) is 0 Å². The molecule has 8 N–H and O–H groups in total. The van der Waals surface area contributed by atoms with E-state index in [1.807, 2.05) is 13.8 Å². The van der Waals surface area contributed by atoms with Crippen molar-refractivity contribution in [1.29, 1.82) is 0 Å². The van der Waals surface area contributed by atoms with E-state index in [-0.39, 0.29) is 18.5 Å². The molecule has 8 heteroatoms. The van der Waals surface area contributed by atoms with Crippen LogP contribution in [-0.2, 0) is 9.53 Å². The van der Waals surface area contributed by atoms with Crippen molar-refractivity contribution in [1.82, 2.24) is 0 Å². The second-order valence-corrected chi connectivity index (χ2v) is 6.67. The van der Waals surface area contributed by atoms with E-state index < -0.39 is 29.6 Å². The summed E-state index contributed by atoms with van der Waals surface area (Å²) in [5.74, 6) is -0.658. The highest BCUT2D eigenvalue weighted by Crippen LogP contribution is 2.32. The highest BCUT2D eigenvalue weighted by Gasteiger charge is 2.40. The molecule has 23 heavy (non-hydrogen) atoms. The Morgan fingerprint density at radius 1 is 1.30 bits per heavy atom. The lowest BCUT2D eigenvalue weighted by atomic mass is 9.76. The Bertz CT molecular complexity index is 395. The monoisotopic (exact) mass is 332 g/mol. The Hall–Kier alpha value is -1.38. The van der Waals surface area contributed by atoms with Crippen molar-refractivity contribution >= 4 is 11.9 Å². The van der Waals surface area contributed by atoms with Crippen LogP contribution in [-0.4, -0.2) is 53.5 Å². The number of hydrogen-bond donors (Lipinski definition) is 5. The topological polar surface area (TPSA) is 157 Å². The maximum absolute atomic E-state index is 12.1. The number of nitrogens with two attached hydrogens (primary N) is 3. The van der Waals surface area contributed by atoms with Gasteiger partial charge in [-0.05, 0) is 18.8 Å². The molecule has 0 amide bonds. The molecule has 0 bridgehead atoms. The number of rotatable bonds is 10. The fraction of sp³-hybridized carbons (Fsp3) is 0.867. The molecule has 0 rings (SSSR count). The van der Waals surface area contributed by atoms with Gasteiger partial charge in [-0.2, -0.15) is 0 Å². The third-order valence-electron chi connectivity index (χ3n) is 3.92. The number of nitrogens with zero attached hydrogens (tertiary/aromatic N) is 1. The molecule has 8 nitrogen and oxygen atoms in total. The summed E-state index contributed by atoms with van der Waals surface area (Å²) >= 11 is 0. The molecule has 0 radical (unpaired) electrons. The Morgan fingerprint density at radius 2 is 1.87 bits per heavy atom. The third kappa shape index (κ3) is 7.15. The van der Waals surface area contributed by atoms with Crippen LogP contribution < -0.4 is 17.2 Å². The van der Waals surface area contributed by atoms with E-state index in [0.29, 0.717) is 19.4 Å². The maximum atomic E-state index is 12.1. The summed E-state index contributed by atoms with van der Waals surface area (Å²) in [5.41, 5.74) is 15.4. The van der Waals surface area contributed by atoms with Gasteiger partial charge in [0.2, 0.25) is 0 Å². The number of carbonyl (C=O) groups is 1. The Labute approximate surface area is 138 Å². The molecule has 136 valence electrons. The van der Waals surface area contributed by atoms with Crippen molar-refractivity contribution in [2.75, 3.05) is 13.2 Å². The first kappa shape index (κ1) is 21.6. The van der Waals surface area contributed by atoms with E-state index in [1.165, 1.54) is 0 Å². The van der Waals surface area contributed by atoms with E-state index in [0.717, 1.165) is 0 Å². The predicted molar refractivity (Wildman–Crippen MR) is 89.5 cm³/mol.